The van der Waals surface area contributed by atoms with E-state index in [1.807, 2.05) is 36.9 Å². The molecule has 0 fully saturated rings. The van der Waals surface area contributed by atoms with Crippen molar-refractivity contribution in [3.05, 3.63) is 29.7 Å². The third-order valence-corrected chi connectivity index (χ3v) is 2.85. The van der Waals surface area contributed by atoms with Crippen LogP contribution in [-0.4, -0.2) is 14.8 Å². The van der Waals surface area contributed by atoms with Crippen LogP contribution in [-0.2, 0) is 0 Å². The lowest BCUT2D eigenvalue weighted by Gasteiger charge is -2.04. The van der Waals surface area contributed by atoms with E-state index in [0.29, 0.717) is 6.04 Å². The summed E-state index contributed by atoms with van der Waals surface area (Å²) in [4.78, 5) is 4.50. The van der Waals surface area contributed by atoms with Crippen molar-refractivity contribution < 1.29 is 0 Å². The first-order chi connectivity index (χ1) is 7.99. The van der Waals surface area contributed by atoms with Crippen LogP contribution in [0.2, 0.25) is 0 Å². The van der Waals surface area contributed by atoms with Crippen molar-refractivity contribution in [2.75, 3.05) is 5.73 Å². The van der Waals surface area contributed by atoms with Gasteiger partial charge in [0.05, 0.1) is 22.8 Å². The van der Waals surface area contributed by atoms with Gasteiger partial charge >= 0.3 is 0 Å². The third-order valence-electron chi connectivity index (χ3n) is 2.85. The van der Waals surface area contributed by atoms with E-state index in [4.69, 9.17) is 5.73 Å². The lowest BCUT2D eigenvalue weighted by atomic mass is 10.1. The van der Waals surface area contributed by atoms with Crippen LogP contribution in [0.15, 0.2) is 18.3 Å². The second-order valence-electron chi connectivity index (χ2n) is 4.57. The molecular formula is C13H18N4. The predicted octanol–water partition coefficient (Wildman–Crippen LogP) is 2.73. The summed E-state index contributed by atoms with van der Waals surface area (Å²) in [5, 5.41) is 4.48. The zero-order valence-electron chi connectivity index (χ0n) is 10.7. The summed E-state index contributed by atoms with van der Waals surface area (Å²) < 4.78 is 1.96. The van der Waals surface area contributed by atoms with Crippen LogP contribution in [0.5, 0.6) is 0 Å². The van der Waals surface area contributed by atoms with Crippen LogP contribution in [0.4, 0.5) is 5.69 Å². The van der Waals surface area contributed by atoms with E-state index in [0.717, 1.165) is 28.3 Å². The summed E-state index contributed by atoms with van der Waals surface area (Å²) >= 11 is 0. The SMILES string of the molecule is Cc1nc(-c2cn(C(C)C)nc2C)ccc1N. The van der Waals surface area contributed by atoms with E-state index >= 15 is 0 Å². The maximum atomic E-state index is 5.77. The van der Waals surface area contributed by atoms with Crippen molar-refractivity contribution in [3.8, 4) is 11.3 Å². The van der Waals surface area contributed by atoms with Crippen LogP contribution in [0.25, 0.3) is 11.3 Å². The van der Waals surface area contributed by atoms with E-state index < -0.39 is 0 Å². The fraction of sp³-hybridized carbons (Fsp3) is 0.385. The van der Waals surface area contributed by atoms with Gasteiger partial charge in [-0.15, -0.1) is 0 Å². The van der Waals surface area contributed by atoms with Gasteiger partial charge in [0.1, 0.15) is 0 Å². The van der Waals surface area contributed by atoms with Crippen molar-refractivity contribution in [3.63, 3.8) is 0 Å². The van der Waals surface area contributed by atoms with Crippen molar-refractivity contribution in [1.82, 2.24) is 14.8 Å². The quantitative estimate of drug-likeness (QED) is 0.863. The van der Waals surface area contributed by atoms with E-state index in [1.54, 1.807) is 0 Å². The van der Waals surface area contributed by atoms with Gasteiger partial charge in [0.2, 0.25) is 0 Å². The van der Waals surface area contributed by atoms with Gasteiger partial charge < -0.3 is 5.73 Å². The highest BCUT2D eigenvalue weighted by Gasteiger charge is 2.10. The Balaban J connectivity index is 2.49. The van der Waals surface area contributed by atoms with Gasteiger partial charge in [-0.05, 0) is 39.8 Å². The minimum atomic E-state index is 0.359. The molecule has 0 spiro atoms. The Morgan fingerprint density at radius 3 is 2.41 bits per heavy atom. The highest BCUT2D eigenvalue weighted by Crippen LogP contribution is 2.23. The molecule has 2 aromatic rings. The van der Waals surface area contributed by atoms with Gasteiger partial charge in [-0.2, -0.15) is 5.10 Å². The smallest absolute Gasteiger partial charge is 0.0741 e. The summed E-state index contributed by atoms with van der Waals surface area (Å²) in [5.74, 6) is 0. The summed E-state index contributed by atoms with van der Waals surface area (Å²) in [6.07, 6.45) is 2.04. The molecule has 17 heavy (non-hydrogen) atoms. The molecule has 0 amide bonds. The Kier molecular flexibility index (Phi) is 2.88. The molecule has 0 aliphatic carbocycles. The number of nitrogens with zero attached hydrogens (tertiary/aromatic N) is 3. The monoisotopic (exact) mass is 230 g/mol. The number of anilines is 1. The molecule has 0 atom stereocenters. The molecule has 0 bridgehead atoms. The molecule has 0 aliphatic heterocycles. The van der Waals surface area contributed by atoms with Gasteiger partial charge in [0, 0.05) is 17.8 Å². The van der Waals surface area contributed by atoms with Gasteiger partial charge in [0.25, 0.3) is 0 Å². The van der Waals surface area contributed by atoms with Crippen LogP contribution in [0.3, 0.4) is 0 Å². The molecule has 4 heteroatoms. The van der Waals surface area contributed by atoms with Gasteiger partial charge in [-0.25, -0.2) is 0 Å². The molecule has 90 valence electrons. The largest absolute Gasteiger partial charge is 0.397 e. The molecule has 2 rings (SSSR count). The molecular weight excluding hydrogens is 212 g/mol. The Bertz CT molecular complexity index is 540. The molecule has 0 saturated heterocycles. The molecule has 0 saturated carbocycles. The summed E-state index contributed by atoms with van der Waals surface area (Å²) in [6, 6.07) is 4.19. The van der Waals surface area contributed by atoms with E-state index in [2.05, 4.69) is 23.9 Å². The third kappa shape index (κ3) is 2.16. The van der Waals surface area contributed by atoms with Crippen molar-refractivity contribution in [1.29, 1.82) is 0 Å². The number of aromatic nitrogens is 3. The minimum absolute atomic E-state index is 0.359. The zero-order chi connectivity index (χ0) is 12.6. The Labute approximate surface area is 101 Å². The first-order valence-corrected chi connectivity index (χ1v) is 5.78. The number of pyridine rings is 1. The number of hydrogen-bond donors (Lipinski definition) is 1. The fourth-order valence-electron chi connectivity index (χ4n) is 1.72. The van der Waals surface area contributed by atoms with Crippen molar-refractivity contribution in [2.24, 2.45) is 0 Å². The average molecular weight is 230 g/mol. The highest BCUT2D eigenvalue weighted by molar-refractivity contribution is 5.63. The van der Waals surface area contributed by atoms with Gasteiger partial charge in [-0.3, -0.25) is 9.67 Å². The van der Waals surface area contributed by atoms with Crippen molar-refractivity contribution in [2.45, 2.75) is 33.7 Å². The number of hydrogen-bond acceptors (Lipinski definition) is 3. The minimum Gasteiger partial charge on any atom is -0.397 e. The van der Waals surface area contributed by atoms with Crippen LogP contribution < -0.4 is 5.73 Å². The molecule has 0 radical (unpaired) electrons. The maximum absolute atomic E-state index is 5.77. The summed E-state index contributed by atoms with van der Waals surface area (Å²) in [5.41, 5.74) is 10.4. The van der Waals surface area contributed by atoms with Crippen LogP contribution >= 0.6 is 0 Å². The Morgan fingerprint density at radius 2 is 1.88 bits per heavy atom. The molecule has 2 aromatic heterocycles. The molecule has 0 aromatic carbocycles. The molecule has 2 heterocycles. The molecule has 0 aliphatic rings. The first-order valence-electron chi connectivity index (χ1n) is 5.78. The van der Waals surface area contributed by atoms with E-state index in [-0.39, 0.29) is 0 Å². The van der Waals surface area contributed by atoms with Gasteiger partial charge in [-0.1, -0.05) is 0 Å². The number of nitrogen functional groups attached to an aromatic ring is 1. The second kappa shape index (κ2) is 4.20. The van der Waals surface area contributed by atoms with E-state index in [1.165, 1.54) is 0 Å². The van der Waals surface area contributed by atoms with Crippen LogP contribution in [0, 0.1) is 13.8 Å². The number of rotatable bonds is 2. The fourth-order valence-corrected chi connectivity index (χ4v) is 1.72. The Hall–Kier alpha value is -1.84. The number of nitrogens with two attached hydrogens (primary N) is 1. The summed E-state index contributed by atoms with van der Waals surface area (Å²) in [7, 11) is 0. The lowest BCUT2D eigenvalue weighted by molar-refractivity contribution is 0.529. The maximum Gasteiger partial charge on any atom is 0.0741 e. The van der Waals surface area contributed by atoms with Crippen molar-refractivity contribution >= 4 is 5.69 Å². The molecule has 2 N–H and O–H groups in total. The molecule has 4 nitrogen and oxygen atoms in total. The summed E-state index contributed by atoms with van der Waals surface area (Å²) in [6.45, 7) is 8.14. The lowest BCUT2D eigenvalue weighted by Crippen LogP contribution is -2.00. The predicted molar refractivity (Wildman–Crippen MR) is 69.7 cm³/mol. The van der Waals surface area contributed by atoms with Crippen LogP contribution in [0.1, 0.15) is 31.3 Å². The van der Waals surface area contributed by atoms with Gasteiger partial charge in [0.15, 0.2) is 0 Å². The number of aryl methyl sites for hydroxylation is 2. The molecule has 0 unspecified atom stereocenters. The normalized spacial score (nSPS) is 11.1. The Morgan fingerprint density at radius 1 is 1.18 bits per heavy atom. The highest BCUT2D eigenvalue weighted by atomic mass is 15.3. The zero-order valence-corrected chi connectivity index (χ0v) is 10.7. The van der Waals surface area contributed by atoms with E-state index in [9.17, 15) is 0 Å². The topological polar surface area (TPSA) is 56.7 Å². The standard InChI is InChI=1S/C13H18N4/c1-8(2)17-7-11(9(3)16-17)13-6-5-12(14)10(4)15-13/h5-8H,14H2,1-4H3. The average Bonchev–Trinajstić information content (AvgIpc) is 2.65. The first kappa shape index (κ1) is 11.6. The second-order valence-corrected chi connectivity index (χ2v) is 4.57.